The lowest BCUT2D eigenvalue weighted by atomic mass is 9.96. The lowest BCUT2D eigenvalue weighted by molar-refractivity contribution is 0.112. The molecule has 1 unspecified atom stereocenters. The van der Waals surface area contributed by atoms with Gasteiger partial charge in [0.05, 0.1) is 4.88 Å². The van der Waals surface area contributed by atoms with Crippen molar-refractivity contribution in [1.82, 2.24) is 9.88 Å². The molecule has 5 heteroatoms. The van der Waals surface area contributed by atoms with E-state index >= 15 is 0 Å². The SMILES string of the molecule is CN1CCCC12CCN(c1ccc3cc(C=O)sc3n1)C2. The van der Waals surface area contributed by atoms with Gasteiger partial charge in [-0.2, -0.15) is 0 Å². The number of hydrogen-bond donors (Lipinski definition) is 0. The second-order valence-corrected chi connectivity index (χ2v) is 7.31. The number of thiophene rings is 1. The Morgan fingerprint density at radius 1 is 1.33 bits per heavy atom. The van der Waals surface area contributed by atoms with E-state index < -0.39 is 0 Å². The van der Waals surface area contributed by atoms with Crippen LogP contribution in [0.25, 0.3) is 10.2 Å². The van der Waals surface area contributed by atoms with Crippen molar-refractivity contribution in [3.05, 3.63) is 23.1 Å². The van der Waals surface area contributed by atoms with Gasteiger partial charge >= 0.3 is 0 Å². The van der Waals surface area contributed by atoms with E-state index in [4.69, 9.17) is 4.98 Å². The van der Waals surface area contributed by atoms with Crippen LogP contribution in [0, 0.1) is 0 Å². The third kappa shape index (κ3) is 2.07. The maximum Gasteiger partial charge on any atom is 0.160 e. The van der Waals surface area contributed by atoms with E-state index in [2.05, 4.69) is 29.0 Å². The van der Waals surface area contributed by atoms with Crippen LogP contribution in [-0.2, 0) is 0 Å². The van der Waals surface area contributed by atoms with Gasteiger partial charge in [0, 0.05) is 24.0 Å². The molecule has 2 aliphatic heterocycles. The van der Waals surface area contributed by atoms with Gasteiger partial charge < -0.3 is 4.90 Å². The van der Waals surface area contributed by atoms with Crippen molar-refractivity contribution in [3.63, 3.8) is 0 Å². The van der Waals surface area contributed by atoms with Crippen molar-refractivity contribution >= 4 is 33.7 Å². The van der Waals surface area contributed by atoms with Gasteiger partial charge in [-0.3, -0.25) is 9.69 Å². The fourth-order valence-electron chi connectivity index (χ4n) is 3.80. The third-order valence-electron chi connectivity index (χ3n) is 5.11. The predicted octanol–water partition coefficient (Wildman–Crippen LogP) is 2.78. The third-order valence-corrected chi connectivity index (χ3v) is 6.08. The number of rotatable bonds is 2. The largest absolute Gasteiger partial charge is 0.355 e. The van der Waals surface area contributed by atoms with Gasteiger partial charge in [-0.1, -0.05) is 0 Å². The Morgan fingerprint density at radius 3 is 3.00 bits per heavy atom. The van der Waals surface area contributed by atoms with Gasteiger partial charge in [0.25, 0.3) is 0 Å². The van der Waals surface area contributed by atoms with Crippen LogP contribution in [0.2, 0.25) is 0 Å². The molecule has 2 fully saturated rings. The number of anilines is 1. The van der Waals surface area contributed by atoms with Gasteiger partial charge in [-0.05, 0) is 51.1 Å². The minimum absolute atomic E-state index is 0.361. The van der Waals surface area contributed by atoms with Crippen molar-refractivity contribution in [2.24, 2.45) is 0 Å². The van der Waals surface area contributed by atoms with Crippen LogP contribution in [0.3, 0.4) is 0 Å². The van der Waals surface area contributed by atoms with E-state index in [1.807, 2.05) is 6.07 Å². The number of pyridine rings is 1. The van der Waals surface area contributed by atoms with Gasteiger partial charge in [0.1, 0.15) is 10.6 Å². The molecule has 4 rings (SSSR count). The highest BCUT2D eigenvalue weighted by Gasteiger charge is 2.44. The molecule has 1 atom stereocenters. The highest BCUT2D eigenvalue weighted by molar-refractivity contribution is 7.20. The second kappa shape index (κ2) is 4.78. The molecular formula is C16H19N3OS. The lowest BCUT2D eigenvalue weighted by Crippen LogP contribution is -2.43. The molecule has 110 valence electrons. The number of carbonyl (C=O) groups excluding carboxylic acids is 1. The van der Waals surface area contributed by atoms with Crippen LogP contribution in [0.15, 0.2) is 18.2 Å². The Bertz CT molecular complexity index is 698. The Morgan fingerprint density at radius 2 is 2.24 bits per heavy atom. The average molecular weight is 301 g/mol. The molecule has 2 aromatic heterocycles. The molecule has 1 spiro atoms. The fourth-order valence-corrected chi connectivity index (χ4v) is 4.64. The number of nitrogens with zero attached hydrogens (tertiary/aromatic N) is 3. The summed E-state index contributed by atoms with van der Waals surface area (Å²) in [7, 11) is 2.25. The maximum absolute atomic E-state index is 10.9. The van der Waals surface area contributed by atoms with Gasteiger partial charge in [0.15, 0.2) is 6.29 Å². The molecule has 2 aliphatic rings. The number of likely N-dealkylation sites (N-methyl/N-ethyl adjacent to an activating group) is 1. The molecular weight excluding hydrogens is 282 g/mol. The van der Waals surface area contributed by atoms with E-state index in [1.165, 1.54) is 37.1 Å². The topological polar surface area (TPSA) is 36.4 Å². The van der Waals surface area contributed by atoms with Crippen LogP contribution >= 0.6 is 11.3 Å². The van der Waals surface area contributed by atoms with Crippen LogP contribution in [0.1, 0.15) is 28.9 Å². The Balaban J connectivity index is 1.63. The first-order valence-corrected chi connectivity index (χ1v) is 8.34. The summed E-state index contributed by atoms with van der Waals surface area (Å²) in [5.74, 6) is 1.05. The zero-order valence-corrected chi connectivity index (χ0v) is 13.0. The van der Waals surface area contributed by atoms with Crippen LogP contribution < -0.4 is 4.90 Å². The predicted molar refractivity (Wildman–Crippen MR) is 86.4 cm³/mol. The minimum Gasteiger partial charge on any atom is -0.355 e. The monoisotopic (exact) mass is 301 g/mol. The smallest absolute Gasteiger partial charge is 0.160 e. The summed E-state index contributed by atoms with van der Waals surface area (Å²) in [6, 6.07) is 6.10. The van der Waals surface area contributed by atoms with Crippen LogP contribution in [-0.4, -0.2) is 48.4 Å². The quantitative estimate of drug-likeness (QED) is 0.799. The molecule has 4 nitrogen and oxygen atoms in total. The summed E-state index contributed by atoms with van der Waals surface area (Å²) in [6.07, 6.45) is 4.75. The zero-order valence-electron chi connectivity index (χ0n) is 12.2. The Kier molecular flexibility index (Phi) is 3.01. The molecule has 0 aliphatic carbocycles. The number of fused-ring (bicyclic) bond motifs is 1. The minimum atomic E-state index is 0.361. The lowest BCUT2D eigenvalue weighted by Gasteiger charge is -2.32. The summed E-state index contributed by atoms with van der Waals surface area (Å²) in [4.78, 5) is 22.3. The molecule has 4 heterocycles. The number of aromatic nitrogens is 1. The highest BCUT2D eigenvalue weighted by atomic mass is 32.1. The van der Waals surface area contributed by atoms with Crippen molar-refractivity contribution in [3.8, 4) is 0 Å². The fraction of sp³-hybridized carbons (Fsp3) is 0.500. The van der Waals surface area contributed by atoms with Crippen molar-refractivity contribution in [1.29, 1.82) is 0 Å². The molecule has 0 aromatic carbocycles. The zero-order chi connectivity index (χ0) is 14.4. The molecule has 0 radical (unpaired) electrons. The maximum atomic E-state index is 10.9. The van der Waals surface area contributed by atoms with E-state index in [0.717, 1.165) is 40.3 Å². The van der Waals surface area contributed by atoms with Gasteiger partial charge in [-0.15, -0.1) is 11.3 Å². The van der Waals surface area contributed by atoms with E-state index in [9.17, 15) is 4.79 Å². The van der Waals surface area contributed by atoms with E-state index in [1.54, 1.807) is 0 Å². The van der Waals surface area contributed by atoms with Gasteiger partial charge in [0.2, 0.25) is 0 Å². The van der Waals surface area contributed by atoms with E-state index in [-0.39, 0.29) is 0 Å². The normalized spacial score (nSPS) is 26.2. The molecule has 2 saturated heterocycles. The Hall–Kier alpha value is -1.46. The average Bonchev–Trinajstić information content (AvgIpc) is 3.19. The Labute approximate surface area is 128 Å². The summed E-state index contributed by atoms with van der Waals surface area (Å²) < 4.78 is 0. The summed E-state index contributed by atoms with van der Waals surface area (Å²) in [6.45, 7) is 3.37. The molecule has 0 bridgehead atoms. The van der Waals surface area contributed by atoms with Crippen molar-refractivity contribution in [2.45, 2.75) is 24.8 Å². The van der Waals surface area contributed by atoms with E-state index in [0.29, 0.717) is 5.54 Å². The molecule has 0 amide bonds. The standard InChI is InChI=1S/C16H19N3OS/c1-18-7-2-5-16(18)6-8-19(11-16)14-4-3-12-9-13(10-20)21-15(12)17-14/h3-4,9-10H,2,5-8,11H2,1H3. The highest BCUT2D eigenvalue weighted by Crippen LogP contribution is 2.38. The summed E-state index contributed by atoms with van der Waals surface area (Å²) in [5, 5.41) is 1.07. The van der Waals surface area contributed by atoms with Gasteiger partial charge in [-0.25, -0.2) is 4.98 Å². The number of aldehydes is 1. The van der Waals surface area contributed by atoms with Crippen LogP contribution in [0.5, 0.6) is 0 Å². The molecule has 0 N–H and O–H groups in total. The summed E-state index contributed by atoms with van der Waals surface area (Å²) >= 11 is 1.48. The molecule has 0 saturated carbocycles. The van der Waals surface area contributed by atoms with Crippen molar-refractivity contribution in [2.75, 3.05) is 31.6 Å². The summed E-state index contributed by atoms with van der Waals surface area (Å²) in [5.41, 5.74) is 0.361. The molecule has 2 aromatic rings. The number of carbonyl (C=O) groups is 1. The molecule has 21 heavy (non-hydrogen) atoms. The first kappa shape index (κ1) is 13.2. The van der Waals surface area contributed by atoms with Crippen LogP contribution in [0.4, 0.5) is 5.82 Å². The second-order valence-electron chi connectivity index (χ2n) is 6.25. The van der Waals surface area contributed by atoms with Crippen molar-refractivity contribution < 1.29 is 4.79 Å². The first-order valence-electron chi connectivity index (χ1n) is 7.52. The first-order chi connectivity index (χ1) is 10.2. The number of likely N-dealkylation sites (tertiary alicyclic amines) is 1. The number of hydrogen-bond acceptors (Lipinski definition) is 5.